The number of rotatable bonds is 3. The summed E-state index contributed by atoms with van der Waals surface area (Å²) in [4.78, 5) is 2.25. The number of piperidine rings is 2. The molecule has 22 heavy (non-hydrogen) atoms. The summed E-state index contributed by atoms with van der Waals surface area (Å²) in [6.07, 6.45) is 3.37. The van der Waals surface area contributed by atoms with E-state index in [9.17, 15) is 8.78 Å². The number of ether oxygens (including phenoxy) is 1. The first-order chi connectivity index (χ1) is 10.6. The van der Waals surface area contributed by atoms with Crippen LogP contribution < -0.4 is 10.1 Å². The third-order valence-electron chi connectivity index (χ3n) is 4.78. The van der Waals surface area contributed by atoms with Crippen LogP contribution in [0.25, 0.3) is 0 Å². The fraction of sp³-hybridized carbons (Fsp3) is 0.647. The topological polar surface area (TPSA) is 24.5 Å². The van der Waals surface area contributed by atoms with Gasteiger partial charge in [-0.3, -0.25) is 0 Å². The van der Waals surface area contributed by atoms with Gasteiger partial charge in [0.25, 0.3) is 0 Å². The fourth-order valence-corrected chi connectivity index (χ4v) is 3.35. The second kappa shape index (κ2) is 6.92. The van der Waals surface area contributed by atoms with Crippen LogP contribution in [0.3, 0.4) is 0 Å². The Kier molecular flexibility index (Phi) is 4.93. The Labute approximate surface area is 130 Å². The number of likely N-dealkylation sites (tertiary alicyclic amines) is 1. The molecule has 1 aromatic carbocycles. The van der Waals surface area contributed by atoms with E-state index >= 15 is 0 Å². The summed E-state index contributed by atoms with van der Waals surface area (Å²) in [6.45, 7) is 3.62. The molecule has 0 bridgehead atoms. The summed E-state index contributed by atoms with van der Waals surface area (Å²) < 4.78 is 34.2. The largest absolute Gasteiger partial charge is 0.484 e. The van der Waals surface area contributed by atoms with Crippen LogP contribution in [0.4, 0.5) is 8.78 Å². The van der Waals surface area contributed by atoms with Gasteiger partial charge in [-0.1, -0.05) is 0 Å². The summed E-state index contributed by atoms with van der Waals surface area (Å²) in [5.74, 6) is -1.09. The molecule has 0 unspecified atom stereocenters. The smallest absolute Gasteiger partial charge is 0.191 e. The van der Waals surface area contributed by atoms with E-state index in [0.29, 0.717) is 0 Å². The molecule has 0 radical (unpaired) electrons. The summed E-state index contributed by atoms with van der Waals surface area (Å²) in [5, 5.41) is 3.21. The molecule has 3 nitrogen and oxygen atoms in total. The Morgan fingerprint density at radius 2 is 1.64 bits per heavy atom. The van der Waals surface area contributed by atoms with Gasteiger partial charge in [-0.05, 0) is 82.5 Å². The zero-order valence-electron chi connectivity index (χ0n) is 13.1. The number of hydrogen-bond donors (Lipinski definition) is 1. The maximum Gasteiger partial charge on any atom is 0.191 e. The molecule has 2 heterocycles. The summed E-state index contributed by atoms with van der Waals surface area (Å²) >= 11 is 0. The van der Waals surface area contributed by atoms with Crippen molar-refractivity contribution in [2.75, 3.05) is 33.2 Å². The Hall–Kier alpha value is -1.20. The highest BCUT2D eigenvalue weighted by molar-refractivity contribution is 5.33. The quantitative estimate of drug-likeness (QED) is 0.929. The lowest BCUT2D eigenvalue weighted by Crippen LogP contribution is -2.34. The Morgan fingerprint density at radius 1 is 1.05 bits per heavy atom. The molecule has 2 aliphatic heterocycles. The van der Waals surface area contributed by atoms with E-state index in [2.05, 4.69) is 17.3 Å². The minimum Gasteiger partial charge on any atom is -0.484 e. The molecule has 0 aromatic heterocycles. The highest BCUT2D eigenvalue weighted by atomic mass is 19.1. The monoisotopic (exact) mass is 310 g/mol. The van der Waals surface area contributed by atoms with Gasteiger partial charge < -0.3 is 15.0 Å². The number of benzene rings is 1. The standard InChI is InChI=1S/C17H24F2N2O/c1-21-8-4-12(5-9-21)13-10-15(18)17(16(19)11-13)22-14-2-6-20-7-3-14/h10-12,14,20H,2-9H2,1H3. The maximum atomic E-state index is 14.3. The van der Waals surface area contributed by atoms with E-state index in [1.807, 2.05) is 0 Å². The highest BCUT2D eigenvalue weighted by Gasteiger charge is 2.24. The maximum absolute atomic E-state index is 14.3. The van der Waals surface area contributed by atoms with Crippen molar-refractivity contribution in [2.45, 2.75) is 37.7 Å². The van der Waals surface area contributed by atoms with Crippen molar-refractivity contribution in [2.24, 2.45) is 0 Å². The van der Waals surface area contributed by atoms with Gasteiger partial charge in [0.15, 0.2) is 17.4 Å². The summed E-state index contributed by atoms with van der Waals surface area (Å²) in [5.41, 5.74) is 0.765. The number of nitrogens with zero attached hydrogens (tertiary/aromatic N) is 1. The normalized spacial score (nSPS) is 22.0. The first-order valence-electron chi connectivity index (χ1n) is 8.18. The molecule has 0 saturated carbocycles. The Balaban J connectivity index is 1.73. The van der Waals surface area contributed by atoms with Crippen LogP contribution >= 0.6 is 0 Å². The molecule has 1 aromatic rings. The molecule has 2 fully saturated rings. The van der Waals surface area contributed by atoms with Crippen molar-refractivity contribution < 1.29 is 13.5 Å². The van der Waals surface area contributed by atoms with Gasteiger partial charge >= 0.3 is 0 Å². The van der Waals surface area contributed by atoms with Crippen LogP contribution in [0.1, 0.15) is 37.2 Å². The first kappa shape index (κ1) is 15.7. The van der Waals surface area contributed by atoms with E-state index in [1.54, 1.807) is 0 Å². The van der Waals surface area contributed by atoms with Crippen molar-refractivity contribution in [3.8, 4) is 5.75 Å². The van der Waals surface area contributed by atoms with Crippen LogP contribution in [0.15, 0.2) is 12.1 Å². The lowest BCUT2D eigenvalue weighted by atomic mass is 9.89. The Morgan fingerprint density at radius 3 is 2.23 bits per heavy atom. The van der Waals surface area contributed by atoms with Crippen molar-refractivity contribution in [1.82, 2.24) is 10.2 Å². The molecule has 122 valence electrons. The van der Waals surface area contributed by atoms with Crippen LogP contribution in [0.2, 0.25) is 0 Å². The second-order valence-corrected chi connectivity index (χ2v) is 6.46. The molecular formula is C17H24F2N2O. The van der Waals surface area contributed by atoms with Gasteiger partial charge in [0.05, 0.1) is 0 Å². The zero-order chi connectivity index (χ0) is 15.5. The zero-order valence-corrected chi connectivity index (χ0v) is 13.1. The number of hydrogen-bond acceptors (Lipinski definition) is 3. The van der Waals surface area contributed by atoms with Crippen molar-refractivity contribution in [3.63, 3.8) is 0 Å². The third-order valence-corrected chi connectivity index (χ3v) is 4.78. The first-order valence-corrected chi connectivity index (χ1v) is 8.18. The van der Waals surface area contributed by atoms with Gasteiger partial charge in [0.1, 0.15) is 6.10 Å². The lowest BCUT2D eigenvalue weighted by molar-refractivity contribution is 0.148. The van der Waals surface area contributed by atoms with Crippen LogP contribution in [0, 0.1) is 11.6 Å². The number of nitrogens with one attached hydrogen (secondary N) is 1. The van der Waals surface area contributed by atoms with Crippen LogP contribution in [-0.2, 0) is 0 Å². The van der Waals surface area contributed by atoms with E-state index in [1.165, 1.54) is 12.1 Å². The minimum atomic E-state index is -0.563. The van der Waals surface area contributed by atoms with Gasteiger partial charge in [-0.2, -0.15) is 0 Å². The molecule has 5 heteroatoms. The molecule has 2 saturated heterocycles. The predicted molar refractivity (Wildman–Crippen MR) is 82.3 cm³/mol. The third kappa shape index (κ3) is 3.58. The van der Waals surface area contributed by atoms with Crippen molar-refractivity contribution in [3.05, 3.63) is 29.3 Å². The molecule has 3 rings (SSSR count). The van der Waals surface area contributed by atoms with Crippen LogP contribution in [0.5, 0.6) is 5.75 Å². The van der Waals surface area contributed by atoms with Gasteiger partial charge in [-0.25, -0.2) is 8.78 Å². The SMILES string of the molecule is CN1CCC(c2cc(F)c(OC3CCNCC3)c(F)c2)CC1. The van der Waals surface area contributed by atoms with Gasteiger partial charge in [0, 0.05) is 0 Å². The molecule has 0 spiro atoms. The van der Waals surface area contributed by atoms with E-state index in [0.717, 1.165) is 57.4 Å². The van der Waals surface area contributed by atoms with Crippen molar-refractivity contribution >= 4 is 0 Å². The molecule has 0 atom stereocenters. The van der Waals surface area contributed by atoms with Gasteiger partial charge in [-0.15, -0.1) is 0 Å². The summed E-state index contributed by atoms with van der Waals surface area (Å²) in [7, 11) is 2.08. The molecule has 2 aliphatic rings. The average Bonchev–Trinajstić information content (AvgIpc) is 2.52. The second-order valence-electron chi connectivity index (χ2n) is 6.46. The number of halogens is 2. The average molecular weight is 310 g/mol. The van der Waals surface area contributed by atoms with Gasteiger partial charge in [0.2, 0.25) is 0 Å². The summed E-state index contributed by atoms with van der Waals surface area (Å²) in [6, 6.07) is 2.94. The minimum absolute atomic E-state index is 0.0977. The Bertz CT molecular complexity index is 486. The highest BCUT2D eigenvalue weighted by Crippen LogP contribution is 2.33. The lowest BCUT2D eigenvalue weighted by Gasteiger charge is -2.29. The van der Waals surface area contributed by atoms with Crippen LogP contribution in [-0.4, -0.2) is 44.2 Å². The molecule has 0 amide bonds. The van der Waals surface area contributed by atoms with Crippen molar-refractivity contribution in [1.29, 1.82) is 0 Å². The predicted octanol–water partition coefficient (Wildman–Crippen LogP) is 2.90. The molecule has 0 aliphatic carbocycles. The van der Waals surface area contributed by atoms with E-state index in [-0.39, 0.29) is 17.8 Å². The van der Waals surface area contributed by atoms with E-state index < -0.39 is 11.6 Å². The molecular weight excluding hydrogens is 286 g/mol. The van der Waals surface area contributed by atoms with E-state index in [4.69, 9.17) is 4.74 Å². The fourth-order valence-electron chi connectivity index (χ4n) is 3.35. The molecule has 1 N–H and O–H groups in total.